The van der Waals surface area contributed by atoms with Crippen LogP contribution < -0.4 is 0 Å². The molecule has 1 amide bonds. The van der Waals surface area contributed by atoms with Crippen molar-refractivity contribution in [2.75, 3.05) is 18.1 Å². The van der Waals surface area contributed by atoms with Crippen molar-refractivity contribution in [2.45, 2.75) is 52.5 Å². The van der Waals surface area contributed by atoms with Crippen LogP contribution in [-0.2, 0) is 9.59 Å². The van der Waals surface area contributed by atoms with Gasteiger partial charge >= 0.3 is 5.97 Å². The highest BCUT2D eigenvalue weighted by Gasteiger charge is 2.44. The summed E-state index contributed by atoms with van der Waals surface area (Å²) in [7, 11) is 0. The molecule has 5 heteroatoms. The van der Waals surface area contributed by atoms with Crippen LogP contribution in [0, 0.1) is 5.41 Å². The van der Waals surface area contributed by atoms with Crippen molar-refractivity contribution in [1.29, 1.82) is 0 Å². The fourth-order valence-electron chi connectivity index (χ4n) is 2.62. The first-order valence-corrected chi connectivity index (χ1v) is 8.15. The Bertz CT molecular complexity index is 331. The van der Waals surface area contributed by atoms with Crippen LogP contribution in [0.1, 0.15) is 46.5 Å². The number of piperidine rings is 1. The zero-order chi connectivity index (χ0) is 14.5. The largest absolute Gasteiger partial charge is 0.480 e. The van der Waals surface area contributed by atoms with Gasteiger partial charge in [-0.25, -0.2) is 4.79 Å². The van der Waals surface area contributed by atoms with Crippen LogP contribution in [0.2, 0.25) is 0 Å². The van der Waals surface area contributed by atoms with Gasteiger partial charge in [0, 0.05) is 6.54 Å². The normalized spacial score (nSPS) is 22.3. The minimum atomic E-state index is -0.878. The SMILES string of the molecule is CCCCSCC(=O)N1CCCC(C)(C)C1C(=O)O. The number of carboxylic acid groups (broad SMARTS) is 1. The van der Waals surface area contributed by atoms with Crippen LogP contribution in [0.25, 0.3) is 0 Å². The number of hydrogen-bond donors (Lipinski definition) is 1. The molecular weight excluding hydrogens is 262 g/mol. The second kappa shape index (κ2) is 7.17. The summed E-state index contributed by atoms with van der Waals surface area (Å²) in [4.78, 5) is 25.2. The Hall–Kier alpha value is -0.710. The highest BCUT2D eigenvalue weighted by Crippen LogP contribution is 2.35. The van der Waals surface area contributed by atoms with Gasteiger partial charge in [-0.05, 0) is 30.4 Å². The van der Waals surface area contributed by atoms with Crippen molar-refractivity contribution in [3.63, 3.8) is 0 Å². The molecule has 0 radical (unpaired) electrons. The lowest BCUT2D eigenvalue weighted by Crippen LogP contribution is -2.56. The lowest BCUT2D eigenvalue weighted by molar-refractivity contribution is -0.157. The molecule has 1 N–H and O–H groups in total. The number of aliphatic carboxylic acids is 1. The monoisotopic (exact) mass is 287 g/mol. The first-order chi connectivity index (χ1) is 8.90. The van der Waals surface area contributed by atoms with E-state index in [9.17, 15) is 14.7 Å². The van der Waals surface area contributed by atoms with Crippen molar-refractivity contribution in [2.24, 2.45) is 5.41 Å². The van der Waals surface area contributed by atoms with Crippen molar-refractivity contribution >= 4 is 23.6 Å². The predicted octanol–water partition coefficient (Wildman–Crippen LogP) is 2.62. The van der Waals surface area contributed by atoms with Gasteiger partial charge in [0.2, 0.25) is 5.91 Å². The highest BCUT2D eigenvalue weighted by atomic mass is 32.2. The van der Waals surface area contributed by atoms with E-state index in [1.54, 1.807) is 16.7 Å². The van der Waals surface area contributed by atoms with Crippen LogP contribution in [0.5, 0.6) is 0 Å². The molecule has 0 spiro atoms. The average Bonchev–Trinajstić information content (AvgIpc) is 2.32. The van der Waals surface area contributed by atoms with Gasteiger partial charge in [-0.1, -0.05) is 27.2 Å². The number of likely N-dealkylation sites (tertiary alicyclic amines) is 1. The number of amides is 1. The Morgan fingerprint density at radius 3 is 2.68 bits per heavy atom. The van der Waals surface area contributed by atoms with Gasteiger partial charge < -0.3 is 10.0 Å². The maximum atomic E-state index is 12.2. The molecule has 0 saturated carbocycles. The Morgan fingerprint density at radius 1 is 1.42 bits per heavy atom. The number of hydrogen-bond acceptors (Lipinski definition) is 3. The van der Waals surface area contributed by atoms with Crippen LogP contribution in [0.15, 0.2) is 0 Å². The van der Waals surface area contributed by atoms with E-state index < -0.39 is 12.0 Å². The molecule has 1 atom stereocenters. The van der Waals surface area contributed by atoms with E-state index in [1.165, 1.54) is 0 Å². The van der Waals surface area contributed by atoms with Gasteiger partial charge in [0.15, 0.2) is 0 Å². The number of nitrogens with zero attached hydrogens (tertiary/aromatic N) is 1. The third-order valence-electron chi connectivity index (χ3n) is 3.69. The number of carbonyl (C=O) groups excluding carboxylic acids is 1. The average molecular weight is 287 g/mol. The lowest BCUT2D eigenvalue weighted by Gasteiger charge is -2.44. The molecule has 1 fully saturated rings. The van der Waals surface area contributed by atoms with E-state index in [1.807, 2.05) is 13.8 Å². The van der Waals surface area contributed by atoms with E-state index in [0.29, 0.717) is 12.3 Å². The Morgan fingerprint density at radius 2 is 2.11 bits per heavy atom. The fraction of sp³-hybridized carbons (Fsp3) is 0.857. The first-order valence-electron chi connectivity index (χ1n) is 7.00. The molecule has 0 bridgehead atoms. The quantitative estimate of drug-likeness (QED) is 0.763. The van der Waals surface area contributed by atoms with E-state index in [0.717, 1.165) is 31.4 Å². The second-order valence-electron chi connectivity index (χ2n) is 5.83. The highest BCUT2D eigenvalue weighted by molar-refractivity contribution is 7.99. The molecule has 1 unspecified atom stereocenters. The van der Waals surface area contributed by atoms with E-state index in [2.05, 4.69) is 6.92 Å². The Balaban J connectivity index is 2.62. The van der Waals surface area contributed by atoms with Crippen LogP contribution >= 0.6 is 11.8 Å². The summed E-state index contributed by atoms with van der Waals surface area (Å²) in [6.07, 6.45) is 3.97. The lowest BCUT2D eigenvalue weighted by atomic mass is 9.76. The smallest absolute Gasteiger partial charge is 0.326 e. The molecule has 110 valence electrons. The standard InChI is InChI=1S/C14H25NO3S/c1-4-5-9-19-10-11(16)15-8-6-7-14(2,3)12(15)13(17)18/h12H,4-10H2,1-3H3,(H,17,18). The predicted molar refractivity (Wildman–Crippen MR) is 78.4 cm³/mol. The maximum absolute atomic E-state index is 12.2. The van der Waals surface area contributed by atoms with Crippen LogP contribution in [0.4, 0.5) is 0 Å². The molecule has 1 heterocycles. The van der Waals surface area contributed by atoms with Crippen LogP contribution in [0.3, 0.4) is 0 Å². The zero-order valence-corrected chi connectivity index (χ0v) is 13.0. The molecule has 0 aromatic carbocycles. The Kier molecular flexibility index (Phi) is 6.17. The number of thioether (sulfide) groups is 1. The van der Waals surface area contributed by atoms with E-state index in [4.69, 9.17) is 0 Å². The summed E-state index contributed by atoms with van der Waals surface area (Å²) >= 11 is 1.61. The van der Waals surface area contributed by atoms with E-state index >= 15 is 0 Å². The van der Waals surface area contributed by atoms with Gasteiger partial charge in [0.05, 0.1) is 5.75 Å². The molecule has 1 saturated heterocycles. The summed E-state index contributed by atoms with van der Waals surface area (Å²) in [5, 5.41) is 9.40. The van der Waals surface area contributed by atoms with Gasteiger partial charge in [-0.2, -0.15) is 11.8 Å². The van der Waals surface area contributed by atoms with Gasteiger partial charge in [0.25, 0.3) is 0 Å². The molecule has 0 aromatic rings. The number of carboxylic acids is 1. The molecular formula is C14H25NO3S. The van der Waals surface area contributed by atoms with Crippen LogP contribution in [-0.4, -0.2) is 46.0 Å². The fourth-order valence-corrected chi connectivity index (χ4v) is 3.60. The summed E-state index contributed by atoms with van der Waals surface area (Å²) in [6.45, 7) is 6.58. The first kappa shape index (κ1) is 16.3. The second-order valence-corrected chi connectivity index (χ2v) is 6.93. The van der Waals surface area contributed by atoms with E-state index in [-0.39, 0.29) is 11.3 Å². The molecule has 1 rings (SSSR count). The summed E-state index contributed by atoms with van der Waals surface area (Å²) < 4.78 is 0. The zero-order valence-electron chi connectivity index (χ0n) is 12.1. The van der Waals surface area contributed by atoms with Gasteiger partial charge in [-0.3, -0.25) is 4.79 Å². The molecule has 19 heavy (non-hydrogen) atoms. The number of carbonyl (C=O) groups is 2. The number of unbranched alkanes of at least 4 members (excludes halogenated alkanes) is 1. The molecule has 4 nitrogen and oxygen atoms in total. The summed E-state index contributed by atoms with van der Waals surface area (Å²) in [5.41, 5.74) is -0.339. The minimum Gasteiger partial charge on any atom is -0.480 e. The van der Waals surface area contributed by atoms with Crippen molar-refractivity contribution in [1.82, 2.24) is 4.90 Å². The topological polar surface area (TPSA) is 57.6 Å². The van der Waals surface area contributed by atoms with Crippen molar-refractivity contribution in [3.05, 3.63) is 0 Å². The Labute approximate surface area is 119 Å². The third kappa shape index (κ3) is 4.41. The third-order valence-corrected chi connectivity index (χ3v) is 4.72. The maximum Gasteiger partial charge on any atom is 0.326 e. The molecule has 1 aliphatic heterocycles. The van der Waals surface area contributed by atoms with Crippen molar-refractivity contribution in [3.8, 4) is 0 Å². The van der Waals surface area contributed by atoms with Crippen molar-refractivity contribution < 1.29 is 14.7 Å². The summed E-state index contributed by atoms with van der Waals surface area (Å²) in [6, 6.07) is -0.680. The molecule has 1 aliphatic rings. The number of rotatable bonds is 6. The molecule has 0 aliphatic carbocycles. The minimum absolute atomic E-state index is 0.0266. The summed E-state index contributed by atoms with van der Waals surface area (Å²) in [5.74, 6) is 0.467. The van der Waals surface area contributed by atoms with Gasteiger partial charge in [-0.15, -0.1) is 0 Å². The molecule has 0 aromatic heterocycles. The van der Waals surface area contributed by atoms with Gasteiger partial charge in [0.1, 0.15) is 6.04 Å².